The lowest BCUT2D eigenvalue weighted by atomic mass is 9.99. The highest BCUT2D eigenvalue weighted by atomic mass is 19.1. The summed E-state index contributed by atoms with van der Waals surface area (Å²) in [5.41, 5.74) is 11.2. The molecule has 1 atom stereocenters. The Morgan fingerprint density at radius 1 is 1.00 bits per heavy atom. The third kappa shape index (κ3) is 3.59. The molecular formula is C31H23FN6O2. The van der Waals surface area contributed by atoms with Gasteiger partial charge in [-0.1, -0.05) is 36.4 Å². The van der Waals surface area contributed by atoms with E-state index in [1.54, 1.807) is 41.1 Å². The molecule has 0 fully saturated rings. The number of aromatic nitrogens is 5. The van der Waals surface area contributed by atoms with E-state index in [4.69, 9.17) is 15.2 Å². The Bertz CT molecular complexity index is 2160. The number of nitrogens with zero attached hydrogens (tertiary/aromatic N) is 4. The Kier molecular flexibility index (Phi) is 5.28. The van der Waals surface area contributed by atoms with Gasteiger partial charge < -0.3 is 15.1 Å². The number of hydrogen-bond acceptors (Lipinski definition) is 6. The summed E-state index contributed by atoms with van der Waals surface area (Å²) >= 11 is 0. The molecule has 0 radical (unpaired) electrons. The summed E-state index contributed by atoms with van der Waals surface area (Å²) in [5.74, 6) is 0.162. The van der Waals surface area contributed by atoms with E-state index in [-0.39, 0.29) is 16.8 Å². The van der Waals surface area contributed by atoms with Crippen LogP contribution in [0.2, 0.25) is 0 Å². The second-order valence-electron chi connectivity index (χ2n) is 9.84. The molecule has 4 heterocycles. The molecule has 0 aliphatic rings. The van der Waals surface area contributed by atoms with Crippen LogP contribution in [0.3, 0.4) is 0 Å². The van der Waals surface area contributed by atoms with Crippen molar-refractivity contribution < 1.29 is 8.81 Å². The Balaban J connectivity index is 1.49. The molecule has 0 saturated heterocycles. The number of nitrogens with one attached hydrogen (secondary N) is 1. The van der Waals surface area contributed by atoms with Gasteiger partial charge in [0.25, 0.3) is 0 Å². The van der Waals surface area contributed by atoms with E-state index in [1.807, 2.05) is 38.2 Å². The van der Waals surface area contributed by atoms with E-state index in [2.05, 4.69) is 15.0 Å². The topological polar surface area (TPSA) is 116 Å². The van der Waals surface area contributed by atoms with E-state index in [9.17, 15) is 9.18 Å². The lowest BCUT2D eigenvalue weighted by Crippen LogP contribution is -2.16. The first-order valence-corrected chi connectivity index (χ1v) is 12.8. The number of aromatic amines is 1. The fourth-order valence-electron chi connectivity index (χ4n) is 5.37. The van der Waals surface area contributed by atoms with Gasteiger partial charge in [0.05, 0.1) is 16.3 Å². The highest BCUT2D eigenvalue weighted by Crippen LogP contribution is 2.37. The lowest BCUT2D eigenvalue weighted by molar-refractivity contribution is 0.446. The SMILES string of the molecule is Cc1c[nH]c2cc(-c3nn(C(C)c4oc5ccccc5c(=O)c4-c4cccc(F)c4)c4ncnc(N)c34)ccc12. The molecule has 7 rings (SSSR count). The average molecular weight is 531 g/mol. The molecule has 3 N–H and O–H groups in total. The maximum absolute atomic E-state index is 14.3. The van der Waals surface area contributed by atoms with Crippen molar-refractivity contribution in [2.75, 3.05) is 5.73 Å². The van der Waals surface area contributed by atoms with Gasteiger partial charge in [-0.3, -0.25) is 4.79 Å². The Hall–Kier alpha value is -5.31. The van der Waals surface area contributed by atoms with Crippen LogP contribution in [0.15, 0.2) is 88.5 Å². The zero-order valence-electron chi connectivity index (χ0n) is 21.6. The molecule has 8 nitrogen and oxygen atoms in total. The molecule has 0 aliphatic heterocycles. The molecule has 196 valence electrons. The zero-order chi connectivity index (χ0) is 27.5. The first-order chi connectivity index (χ1) is 19.4. The minimum absolute atomic E-state index is 0.257. The van der Waals surface area contributed by atoms with E-state index in [0.717, 1.165) is 22.0 Å². The summed E-state index contributed by atoms with van der Waals surface area (Å²) in [7, 11) is 0. The first-order valence-electron chi connectivity index (χ1n) is 12.8. The molecule has 4 aromatic heterocycles. The van der Waals surface area contributed by atoms with Crippen molar-refractivity contribution in [2.45, 2.75) is 19.9 Å². The van der Waals surface area contributed by atoms with Crippen LogP contribution in [0.25, 0.3) is 55.3 Å². The van der Waals surface area contributed by atoms with Crippen LogP contribution < -0.4 is 11.2 Å². The number of halogens is 1. The van der Waals surface area contributed by atoms with Gasteiger partial charge in [0, 0.05) is 22.7 Å². The Morgan fingerprint density at radius 2 is 1.85 bits per heavy atom. The van der Waals surface area contributed by atoms with E-state index in [1.165, 1.54) is 18.5 Å². The smallest absolute Gasteiger partial charge is 0.200 e. The third-order valence-corrected chi connectivity index (χ3v) is 7.36. The van der Waals surface area contributed by atoms with Crippen molar-refractivity contribution in [1.29, 1.82) is 0 Å². The number of hydrogen-bond donors (Lipinski definition) is 2. The summed E-state index contributed by atoms with van der Waals surface area (Å²) in [6.07, 6.45) is 3.34. The molecule has 0 saturated carbocycles. The standard InChI is InChI=1S/C31H23FN6O2/c1-16-14-34-23-13-19(10-11-21(16)23)27-26-30(33)35-15-36-31(26)38(37-27)17(2)29-25(18-6-5-7-20(32)12-18)28(39)22-8-3-4-9-24(22)40-29/h3-15,17,34H,1-2H3,(H2,33,35,36). The predicted octanol–water partition coefficient (Wildman–Crippen LogP) is 6.39. The van der Waals surface area contributed by atoms with Gasteiger partial charge in [-0.2, -0.15) is 5.10 Å². The van der Waals surface area contributed by atoms with Crippen LogP contribution in [0.4, 0.5) is 10.2 Å². The molecule has 0 aliphatic carbocycles. The van der Waals surface area contributed by atoms with Crippen molar-refractivity contribution >= 4 is 38.7 Å². The molecule has 0 amide bonds. The quantitative estimate of drug-likeness (QED) is 0.273. The monoisotopic (exact) mass is 530 g/mol. The predicted molar refractivity (Wildman–Crippen MR) is 153 cm³/mol. The largest absolute Gasteiger partial charge is 0.458 e. The summed E-state index contributed by atoms with van der Waals surface area (Å²) in [4.78, 5) is 25.8. The highest BCUT2D eigenvalue weighted by Gasteiger charge is 2.27. The van der Waals surface area contributed by atoms with Crippen LogP contribution in [0, 0.1) is 12.7 Å². The van der Waals surface area contributed by atoms with Crippen molar-refractivity contribution in [1.82, 2.24) is 24.7 Å². The summed E-state index contributed by atoms with van der Waals surface area (Å²) in [6, 6.07) is 18.4. The number of nitrogens with two attached hydrogens (primary N) is 1. The fraction of sp³-hybridized carbons (Fsp3) is 0.0968. The highest BCUT2D eigenvalue weighted by molar-refractivity contribution is 6.00. The molecule has 1 unspecified atom stereocenters. The van der Waals surface area contributed by atoms with Gasteiger partial charge in [-0.15, -0.1) is 0 Å². The van der Waals surface area contributed by atoms with Crippen molar-refractivity contribution in [3.05, 3.63) is 107 Å². The first kappa shape index (κ1) is 23.8. The minimum Gasteiger partial charge on any atom is -0.458 e. The van der Waals surface area contributed by atoms with E-state index in [0.29, 0.717) is 39.0 Å². The van der Waals surface area contributed by atoms with Gasteiger partial charge in [-0.25, -0.2) is 19.0 Å². The summed E-state index contributed by atoms with van der Waals surface area (Å²) in [5, 5.41) is 7.07. The molecule has 0 bridgehead atoms. The van der Waals surface area contributed by atoms with Crippen LogP contribution in [0.1, 0.15) is 24.3 Å². The second kappa shape index (κ2) is 8.88. The number of nitrogen functional groups attached to an aromatic ring is 1. The van der Waals surface area contributed by atoms with Gasteiger partial charge >= 0.3 is 0 Å². The zero-order valence-corrected chi connectivity index (χ0v) is 21.6. The van der Waals surface area contributed by atoms with Crippen LogP contribution in [-0.2, 0) is 0 Å². The second-order valence-corrected chi connectivity index (χ2v) is 9.84. The number of rotatable bonds is 4. The van der Waals surface area contributed by atoms with Crippen LogP contribution >= 0.6 is 0 Å². The number of H-pyrrole nitrogens is 1. The van der Waals surface area contributed by atoms with Crippen LogP contribution in [0.5, 0.6) is 0 Å². The summed E-state index contributed by atoms with van der Waals surface area (Å²) in [6.45, 7) is 3.91. The summed E-state index contributed by atoms with van der Waals surface area (Å²) < 4.78 is 22.4. The molecule has 3 aromatic carbocycles. The maximum Gasteiger partial charge on any atom is 0.200 e. The molecular weight excluding hydrogens is 507 g/mol. The number of anilines is 1. The van der Waals surface area contributed by atoms with Crippen molar-refractivity contribution in [3.63, 3.8) is 0 Å². The van der Waals surface area contributed by atoms with E-state index < -0.39 is 11.9 Å². The van der Waals surface area contributed by atoms with Crippen molar-refractivity contribution in [3.8, 4) is 22.4 Å². The van der Waals surface area contributed by atoms with Gasteiger partial charge in [-0.05, 0) is 55.3 Å². The Labute approximate surface area is 226 Å². The van der Waals surface area contributed by atoms with E-state index >= 15 is 0 Å². The molecule has 7 aromatic rings. The normalized spacial score (nSPS) is 12.5. The lowest BCUT2D eigenvalue weighted by Gasteiger charge is -2.17. The molecule has 0 spiro atoms. The van der Waals surface area contributed by atoms with Crippen molar-refractivity contribution in [2.24, 2.45) is 0 Å². The maximum atomic E-state index is 14.3. The third-order valence-electron chi connectivity index (χ3n) is 7.36. The van der Waals surface area contributed by atoms with Gasteiger partial charge in [0.2, 0.25) is 5.43 Å². The number of benzene rings is 3. The van der Waals surface area contributed by atoms with Gasteiger partial charge in [0.1, 0.15) is 41.0 Å². The van der Waals surface area contributed by atoms with Gasteiger partial charge in [0.15, 0.2) is 5.65 Å². The van der Waals surface area contributed by atoms with Crippen LogP contribution in [-0.4, -0.2) is 24.7 Å². The fourth-order valence-corrected chi connectivity index (χ4v) is 5.37. The Morgan fingerprint density at radius 3 is 2.70 bits per heavy atom. The molecule has 9 heteroatoms. The number of para-hydroxylation sites is 1. The average Bonchev–Trinajstić information content (AvgIpc) is 3.54. The number of fused-ring (bicyclic) bond motifs is 3. The minimum atomic E-state index is -0.613. The molecule has 40 heavy (non-hydrogen) atoms. The number of aryl methyl sites for hydroxylation is 1.